The van der Waals surface area contributed by atoms with E-state index in [1.807, 2.05) is 0 Å². The van der Waals surface area contributed by atoms with Crippen molar-refractivity contribution < 1.29 is 13.5 Å². The molecule has 0 spiro atoms. The van der Waals surface area contributed by atoms with E-state index in [2.05, 4.69) is 15.9 Å². The van der Waals surface area contributed by atoms with Crippen LogP contribution < -0.4 is 10.5 Å². The minimum atomic E-state index is -0.548. The van der Waals surface area contributed by atoms with Gasteiger partial charge in [0.05, 0.1) is 4.47 Å². The van der Waals surface area contributed by atoms with Crippen LogP contribution in [0.2, 0.25) is 0 Å². The van der Waals surface area contributed by atoms with Gasteiger partial charge in [-0.2, -0.15) is 0 Å². The summed E-state index contributed by atoms with van der Waals surface area (Å²) in [4.78, 5) is -0.0121. The van der Waals surface area contributed by atoms with Crippen molar-refractivity contribution in [2.75, 3.05) is 0 Å². The Kier molecular flexibility index (Phi) is 4.67. The first kappa shape index (κ1) is 14.9. The van der Waals surface area contributed by atoms with Crippen molar-refractivity contribution in [2.24, 2.45) is 5.73 Å². The summed E-state index contributed by atoms with van der Waals surface area (Å²) in [5.41, 5.74) is 6.16. The number of thiocarbonyl (C=S) groups is 1. The van der Waals surface area contributed by atoms with Gasteiger partial charge in [0.15, 0.2) is 0 Å². The van der Waals surface area contributed by atoms with Crippen molar-refractivity contribution in [3.8, 4) is 5.75 Å². The molecule has 0 unspecified atom stereocenters. The highest BCUT2D eigenvalue weighted by atomic mass is 79.9. The zero-order valence-electron chi connectivity index (χ0n) is 10.2. The normalized spacial score (nSPS) is 10.3. The summed E-state index contributed by atoms with van der Waals surface area (Å²) in [6.07, 6.45) is 0. The number of rotatable bonds is 4. The van der Waals surface area contributed by atoms with E-state index in [9.17, 15) is 8.78 Å². The molecule has 0 saturated heterocycles. The second-order valence-electron chi connectivity index (χ2n) is 4.01. The molecule has 0 amide bonds. The third kappa shape index (κ3) is 3.32. The first-order valence-corrected chi connectivity index (χ1v) is 6.84. The molecule has 0 heterocycles. The van der Waals surface area contributed by atoms with Gasteiger partial charge in [-0.25, -0.2) is 8.78 Å². The summed E-state index contributed by atoms with van der Waals surface area (Å²) < 4.78 is 32.7. The van der Waals surface area contributed by atoms with Crippen LogP contribution in [0, 0.1) is 11.6 Å². The van der Waals surface area contributed by atoms with Gasteiger partial charge in [0.1, 0.15) is 29.0 Å². The summed E-state index contributed by atoms with van der Waals surface area (Å²) in [5.74, 6) is -0.604. The monoisotopic (exact) mass is 357 g/mol. The number of nitrogens with two attached hydrogens (primary N) is 1. The Hall–Kier alpha value is -1.53. The molecule has 2 aromatic carbocycles. The topological polar surface area (TPSA) is 35.2 Å². The van der Waals surface area contributed by atoms with Crippen molar-refractivity contribution >= 4 is 33.1 Å². The lowest BCUT2D eigenvalue weighted by Gasteiger charge is -2.09. The third-order valence-electron chi connectivity index (χ3n) is 2.63. The molecule has 0 aliphatic rings. The van der Waals surface area contributed by atoms with Crippen LogP contribution in [-0.4, -0.2) is 4.99 Å². The quantitative estimate of drug-likeness (QED) is 0.841. The lowest BCUT2D eigenvalue weighted by atomic mass is 10.2. The molecule has 0 atom stereocenters. The molecule has 2 aromatic rings. The number of hydrogen-bond acceptors (Lipinski definition) is 2. The van der Waals surface area contributed by atoms with Crippen LogP contribution in [-0.2, 0) is 6.61 Å². The third-order valence-corrected chi connectivity index (χ3v) is 3.74. The lowest BCUT2D eigenvalue weighted by Crippen LogP contribution is -2.11. The Morgan fingerprint density at radius 3 is 2.60 bits per heavy atom. The molecule has 0 aliphatic heterocycles. The summed E-state index contributed by atoms with van der Waals surface area (Å²) in [6.45, 7) is 0.115. The maximum atomic E-state index is 13.7. The molecule has 20 heavy (non-hydrogen) atoms. The van der Waals surface area contributed by atoms with Crippen LogP contribution in [0.4, 0.5) is 8.78 Å². The predicted octanol–water partition coefficient (Wildman–Crippen LogP) is 3.94. The van der Waals surface area contributed by atoms with Gasteiger partial charge in [0.25, 0.3) is 0 Å². The van der Waals surface area contributed by atoms with Gasteiger partial charge in [-0.3, -0.25) is 0 Å². The molecular formula is C14H10BrF2NOS. The van der Waals surface area contributed by atoms with Gasteiger partial charge in [0, 0.05) is 17.2 Å². The van der Waals surface area contributed by atoms with E-state index in [0.717, 1.165) is 0 Å². The van der Waals surface area contributed by atoms with Crippen molar-refractivity contribution in [3.63, 3.8) is 0 Å². The van der Waals surface area contributed by atoms with E-state index < -0.39 is 5.82 Å². The van der Waals surface area contributed by atoms with E-state index in [-0.39, 0.29) is 23.0 Å². The molecule has 0 aromatic heterocycles. The van der Waals surface area contributed by atoms with E-state index in [4.69, 9.17) is 22.7 Å². The van der Waals surface area contributed by atoms with Gasteiger partial charge in [-0.1, -0.05) is 24.4 Å². The summed E-state index contributed by atoms with van der Waals surface area (Å²) in [5, 5.41) is 0. The van der Waals surface area contributed by atoms with Gasteiger partial charge in [-0.15, -0.1) is 0 Å². The Labute approximate surface area is 128 Å². The van der Waals surface area contributed by atoms with Crippen LogP contribution in [0.5, 0.6) is 5.75 Å². The smallest absolute Gasteiger partial charge is 0.137 e. The Balaban J connectivity index is 2.13. The van der Waals surface area contributed by atoms with Crippen LogP contribution in [0.15, 0.2) is 40.9 Å². The van der Waals surface area contributed by atoms with Gasteiger partial charge in [0.2, 0.25) is 0 Å². The van der Waals surface area contributed by atoms with Gasteiger partial charge < -0.3 is 10.5 Å². The minimum Gasteiger partial charge on any atom is -0.489 e. The zero-order valence-corrected chi connectivity index (χ0v) is 12.6. The fraction of sp³-hybridized carbons (Fsp3) is 0.0714. The zero-order chi connectivity index (χ0) is 14.7. The summed E-state index contributed by atoms with van der Waals surface area (Å²) >= 11 is 7.85. The first-order chi connectivity index (χ1) is 9.49. The standard InChI is InChI=1S/C14H10BrF2NOS/c15-13-8(2-1-3-11(13)16)7-19-9-4-5-10(14(18)20)12(17)6-9/h1-6H,7H2,(H2,18,20). The van der Waals surface area contributed by atoms with Crippen molar-refractivity contribution in [1.82, 2.24) is 0 Å². The minimum absolute atomic E-state index is 0.0121. The molecule has 0 fully saturated rings. The molecule has 0 bridgehead atoms. The van der Waals surface area contributed by atoms with Crippen LogP contribution in [0.25, 0.3) is 0 Å². The number of hydrogen-bond donors (Lipinski definition) is 1. The molecule has 0 radical (unpaired) electrons. The average molecular weight is 358 g/mol. The largest absolute Gasteiger partial charge is 0.489 e. The van der Waals surface area contributed by atoms with E-state index in [0.29, 0.717) is 15.8 Å². The van der Waals surface area contributed by atoms with Crippen molar-refractivity contribution in [3.05, 3.63) is 63.6 Å². The predicted molar refractivity (Wildman–Crippen MR) is 80.7 cm³/mol. The van der Waals surface area contributed by atoms with Crippen molar-refractivity contribution in [1.29, 1.82) is 0 Å². The highest BCUT2D eigenvalue weighted by molar-refractivity contribution is 9.10. The lowest BCUT2D eigenvalue weighted by molar-refractivity contribution is 0.303. The van der Waals surface area contributed by atoms with Gasteiger partial charge >= 0.3 is 0 Å². The molecule has 2 N–H and O–H groups in total. The Morgan fingerprint density at radius 1 is 1.20 bits per heavy atom. The van der Waals surface area contributed by atoms with Crippen LogP contribution in [0.3, 0.4) is 0 Å². The molecule has 0 saturated carbocycles. The molecule has 2 nitrogen and oxygen atoms in total. The molecular weight excluding hydrogens is 348 g/mol. The summed E-state index contributed by atoms with van der Waals surface area (Å²) in [6, 6.07) is 8.84. The van der Waals surface area contributed by atoms with Crippen molar-refractivity contribution in [2.45, 2.75) is 6.61 Å². The molecule has 2 rings (SSSR count). The SMILES string of the molecule is NC(=S)c1ccc(OCc2cccc(F)c2Br)cc1F. The fourth-order valence-corrected chi connectivity index (χ4v) is 2.15. The molecule has 104 valence electrons. The highest BCUT2D eigenvalue weighted by Gasteiger charge is 2.09. The van der Waals surface area contributed by atoms with Crippen LogP contribution >= 0.6 is 28.1 Å². The number of halogens is 3. The van der Waals surface area contributed by atoms with Gasteiger partial charge in [-0.05, 0) is 34.1 Å². The second kappa shape index (κ2) is 6.28. The first-order valence-electron chi connectivity index (χ1n) is 5.64. The molecule has 0 aliphatic carbocycles. The number of ether oxygens (including phenoxy) is 1. The van der Waals surface area contributed by atoms with E-state index in [1.165, 1.54) is 18.2 Å². The Bertz CT molecular complexity index is 664. The second-order valence-corrected chi connectivity index (χ2v) is 5.24. The highest BCUT2D eigenvalue weighted by Crippen LogP contribution is 2.23. The summed E-state index contributed by atoms with van der Waals surface area (Å²) in [7, 11) is 0. The fourth-order valence-electron chi connectivity index (χ4n) is 1.61. The maximum absolute atomic E-state index is 13.7. The van der Waals surface area contributed by atoms with E-state index >= 15 is 0 Å². The Morgan fingerprint density at radius 2 is 1.95 bits per heavy atom. The van der Waals surface area contributed by atoms with E-state index in [1.54, 1.807) is 18.2 Å². The van der Waals surface area contributed by atoms with Crippen LogP contribution in [0.1, 0.15) is 11.1 Å². The maximum Gasteiger partial charge on any atom is 0.137 e. The number of benzene rings is 2. The molecule has 6 heteroatoms. The average Bonchev–Trinajstić information content (AvgIpc) is 2.40.